The van der Waals surface area contributed by atoms with Crippen LogP contribution in [0.5, 0.6) is 0 Å². The van der Waals surface area contributed by atoms with Gasteiger partial charge in [-0.2, -0.15) is 50.5 Å². The van der Waals surface area contributed by atoms with Crippen molar-refractivity contribution in [3.63, 3.8) is 0 Å². The number of hydrogen-bond acceptors (Lipinski definition) is 17. The zero-order valence-corrected chi connectivity index (χ0v) is 48.2. The van der Waals surface area contributed by atoms with Crippen molar-refractivity contribution in [2.24, 2.45) is 5.73 Å². The number of aryl methyl sites for hydroxylation is 2. The highest BCUT2D eigenvalue weighted by molar-refractivity contribution is 7.88. The highest BCUT2D eigenvalue weighted by atomic mass is 32.2. The zero-order chi connectivity index (χ0) is 63.6. The summed E-state index contributed by atoms with van der Waals surface area (Å²) < 4.78 is 207. The van der Waals surface area contributed by atoms with Crippen molar-refractivity contribution >= 4 is 146 Å². The predicted molar refractivity (Wildman–Crippen MR) is 306 cm³/mol. The molecular formula is C51H40N6O23S6. The predicted octanol–water partition coefficient (Wildman–Crippen LogP) is 6.32. The molecule has 0 aromatic heterocycles. The minimum Gasteiger partial charge on any atom is -0.351 e. The van der Waals surface area contributed by atoms with Gasteiger partial charge in [-0.3, -0.25) is 51.4 Å². The lowest BCUT2D eigenvalue weighted by atomic mass is 10.1. The Morgan fingerprint density at radius 1 is 0.360 bits per heavy atom. The highest BCUT2D eigenvalue weighted by Gasteiger charge is 2.30. The molecule has 0 aliphatic carbocycles. The van der Waals surface area contributed by atoms with Crippen molar-refractivity contribution in [1.29, 1.82) is 0 Å². The molecule has 0 atom stereocenters. The van der Waals surface area contributed by atoms with Crippen molar-refractivity contribution in [2.75, 3.05) is 26.2 Å². The summed E-state index contributed by atoms with van der Waals surface area (Å²) >= 11 is 0. The smallest absolute Gasteiger partial charge is 0.323 e. The molecule has 8 rings (SSSR count). The van der Waals surface area contributed by atoms with Gasteiger partial charge in [0, 0.05) is 55.2 Å². The standard InChI is InChI=1S/C51H40N6O23S6/c1-25-9-11-29(49(60)53-37-13-15-41(83(69,70)71)35-21-33(81(63,64)65)23-43(45(35)37)85(75,76)77)19-39(25)55-47(58)27-5-3-7-31(17-27)57(51(52)62)32-8-4-6-28(18-32)48(59)56-40-20-30(12-10-26(40)2)50(61)54-38-14-16-42(84(72,73)74)36-22-34(82(66,67)68)24-44(46(36)38)86(78,79)80/h3-24H,1-2H3,(H2,52,62)(H,53,60)(H,54,61)(H,55,58)(H,56,59)(H,63,64,65)(H,66,67,68)(H,69,70,71)(H,72,73,74)(H,75,76,77)(H,78,79,80). The number of hydrogen-bond donors (Lipinski definition) is 11. The van der Waals surface area contributed by atoms with Crippen LogP contribution >= 0.6 is 0 Å². The molecule has 86 heavy (non-hydrogen) atoms. The van der Waals surface area contributed by atoms with E-state index in [-0.39, 0.29) is 57.1 Å². The fourth-order valence-corrected chi connectivity index (χ4v) is 12.8. The van der Waals surface area contributed by atoms with E-state index in [1.807, 2.05) is 0 Å². The molecule has 0 fully saturated rings. The molecule has 29 nitrogen and oxygen atoms in total. The second kappa shape index (κ2) is 22.7. The van der Waals surface area contributed by atoms with Crippen LogP contribution in [0.15, 0.2) is 163 Å². The van der Waals surface area contributed by atoms with Gasteiger partial charge in [-0.1, -0.05) is 24.3 Å². The molecule has 35 heteroatoms. The average molecular weight is 1300 g/mol. The molecule has 0 spiro atoms. The molecule has 0 saturated heterocycles. The summed E-state index contributed by atoms with van der Waals surface area (Å²) in [5, 5.41) is 6.58. The van der Waals surface area contributed by atoms with Crippen molar-refractivity contribution in [3.05, 3.63) is 167 Å². The fourth-order valence-electron chi connectivity index (χ4n) is 8.70. The van der Waals surface area contributed by atoms with Crippen molar-refractivity contribution in [3.8, 4) is 0 Å². The quantitative estimate of drug-likeness (QED) is 0.0472. The van der Waals surface area contributed by atoms with E-state index in [4.69, 9.17) is 5.73 Å². The van der Waals surface area contributed by atoms with Crippen molar-refractivity contribution < 1.29 is 102 Å². The van der Waals surface area contributed by atoms with Gasteiger partial charge in [0.25, 0.3) is 84.3 Å². The maximum atomic E-state index is 13.9. The summed E-state index contributed by atoms with van der Waals surface area (Å²) in [5.41, 5.74) is 4.86. The Morgan fingerprint density at radius 2 is 0.674 bits per heavy atom. The highest BCUT2D eigenvalue weighted by Crippen LogP contribution is 2.40. The Balaban J connectivity index is 1.03. The Labute approximate surface area is 487 Å². The first-order chi connectivity index (χ1) is 39.7. The molecule has 0 heterocycles. The minimum atomic E-state index is -5.47. The first kappa shape index (κ1) is 62.9. The summed E-state index contributed by atoms with van der Waals surface area (Å²) in [7, 11) is -32.0. The number of rotatable bonds is 16. The number of benzene rings is 8. The van der Waals surface area contributed by atoms with Crippen LogP contribution in [0.25, 0.3) is 21.5 Å². The number of carbonyl (C=O) groups excluding carboxylic acids is 5. The largest absolute Gasteiger partial charge is 0.351 e. The third kappa shape index (κ3) is 13.4. The third-order valence-electron chi connectivity index (χ3n) is 12.7. The maximum absolute atomic E-state index is 13.9. The number of nitrogens with zero attached hydrogens (tertiary/aromatic N) is 1. The number of amides is 6. The van der Waals surface area contributed by atoms with E-state index in [2.05, 4.69) is 21.3 Å². The summed E-state index contributed by atoms with van der Waals surface area (Å²) in [6, 6.07) is 21.8. The van der Waals surface area contributed by atoms with Gasteiger partial charge in [-0.05, 0) is 134 Å². The van der Waals surface area contributed by atoms with Crippen molar-refractivity contribution in [1.82, 2.24) is 0 Å². The number of nitrogens with one attached hydrogen (secondary N) is 4. The number of primary amides is 1. The number of fused-ring (bicyclic) bond motifs is 2. The monoisotopic (exact) mass is 1300 g/mol. The van der Waals surface area contributed by atoms with Gasteiger partial charge in [-0.25, -0.2) is 4.79 Å². The molecule has 0 bridgehead atoms. The molecule has 6 amide bonds. The average Bonchev–Trinajstić information content (AvgIpc) is 0.800. The van der Waals surface area contributed by atoms with E-state index in [9.17, 15) is 102 Å². The first-order valence-electron chi connectivity index (χ1n) is 23.5. The van der Waals surface area contributed by atoms with Gasteiger partial charge >= 0.3 is 6.03 Å². The van der Waals surface area contributed by atoms with Gasteiger partial charge in [0.2, 0.25) is 0 Å². The van der Waals surface area contributed by atoms with Gasteiger partial charge in [-0.15, -0.1) is 0 Å². The first-order valence-corrected chi connectivity index (χ1v) is 32.2. The zero-order valence-electron chi connectivity index (χ0n) is 43.3. The van der Waals surface area contributed by atoms with E-state index in [1.165, 1.54) is 98.8 Å². The number of carbonyl (C=O) groups is 5. The Morgan fingerprint density at radius 3 is 0.977 bits per heavy atom. The SMILES string of the molecule is Cc1ccc(C(=O)Nc2ccc(S(=O)(=O)O)c3cc(S(=O)(=O)O)cc(S(=O)(=O)O)c23)cc1NC(=O)c1cccc(N(C(N)=O)c2cccc(C(=O)Nc3cc(C(=O)Nc4ccc(S(=O)(=O)O)c5cc(S(=O)(=O)O)cc(S(=O)(=O)O)c45)ccc3C)c2)c1. The van der Waals surface area contributed by atoms with Crippen LogP contribution in [0.1, 0.15) is 52.6 Å². The van der Waals surface area contributed by atoms with Crippen LogP contribution in [0, 0.1) is 13.8 Å². The second-order valence-electron chi connectivity index (χ2n) is 18.4. The molecular weight excluding hydrogens is 1260 g/mol. The molecule has 12 N–H and O–H groups in total. The molecule has 0 unspecified atom stereocenters. The van der Waals surface area contributed by atoms with Gasteiger partial charge < -0.3 is 27.0 Å². The summed E-state index contributed by atoms with van der Waals surface area (Å²) in [5.74, 6) is -3.74. The summed E-state index contributed by atoms with van der Waals surface area (Å²) in [6.07, 6.45) is 0. The van der Waals surface area contributed by atoms with Crippen LogP contribution < -0.4 is 31.9 Å². The fraction of sp³-hybridized carbons (Fsp3) is 0.0392. The van der Waals surface area contributed by atoms with Crippen LogP contribution in [0.4, 0.5) is 38.9 Å². The van der Waals surface area contributed by atoms with E-state index in [1.54, 1.807) is 0 Å². The number of anilines is 6. The molecule has 0 aliphatic rings. The molecule has 448 valence electrons. The van der Waals surface area contributed by atoms with E-state index in [0.717, 1.165) is 17.0 Å². The number of urea groups is 1. The van der Waals surface area contributed by atoms with E-state index >= 15 is 0 Å². The van der Waals surface area contributed by atoms with Crippen LogP contribution in [-0.4, -0.2) is 107 Å². The molecule has 0 radical (unpaired) electrons. The van der Waals surface area contributed by atoms with Crippen LogP contribution in [0.3, 0.4) is 0 Å². The Kier molecular flexibility index (Phi) is 16.6. The van der Waals surface area contributed by atoms with E-state index < -0.39 is 153 Å². The maximum Gasteiger partial charge on any atom is 0.323 e. The van der Waals surface area contributed by atoms with Crippen molar-refractivity contribution in [2.45, 2.75) is 43.2 Å². The lowest BCUT2D eigenvalue weighted by Gasteiger charge is -2.22. The molecule has 0 aliphatic heterocycles. The summed E-state index contributed by atoms with van der Waals surface area (Å²) in [4.78, 5) is 62.2. The second-order valence-corrected chi connectivity index (χ2v) is 26.8. The van der Waals surface area contributed by atoms with Gasteiger partial charge in [0.1, 0.15) is 19.6 Å². The lowest BCUT2D eigenvalue weighted by molar-refractivity contribution is 0.101. The normalized spacial score (nSPS) is 12.3. The van der Waals surface area contributed by atoms with E-state index in [0.29, 0.717) is 35.4 Å². The summed E-state index contributed by atoms with van der Waals surface area (Å²) in [6.45, 7) is 3.08. The molecule has 0 saturated carbocycles. The minimum absolute atomic E-state index is 0.00897. The lowest BCUT2D eigenvalue weighted by Crippen LogP contribution is -2.32. The van der Waals surface area contributed by atoms with Crippen LogP contribution in [0.2, 0.25) is 0 Å². The van der Waals surface area contributed by atoms with Gasteiger partial charge in [0.05, 0.1) is 32.5 Å². The van der Waals surface area contributed by atoms with Gasteiger partial charge in [0.15, 0.2) is 0 Å². The third-order valence-corrected chi connectivity index (χ3v) is 17.9. The Hall–Kier alpha value is -9.11. The number of nitrogens with two attached hydrogens (primary N) is 1. The molecule has 8 aromatic carbocycles. The topological polar surface area (TPSA) is 489 Å². The van der Waals surface area contributed by atoms with Crippen LogP contribution in [-0.2, 0) is 60.7 Å². The Bertz CT molecular complexity index is 4730. The molecule has 8 aromatic rings.